The number of aliphatic carboxylic acids is 1. The maximum absolute atomic E-state index is 10.5. The van der Waals surface area contributed by atoms with Gasteiger partial charge in [0.05, 0.1) is 13.5 Å². The summed E-state index contributed by atoms with van der Waals surface area (Å²) in [5, 5.41) is 8.87. The summed E-state index contributed by atoms with van der Waals surface area (Å²) in [5.74, 6) is -0.712. The van der Waals surface area contributed by atoms with E-state index < -0.39 is 12.0 Å². The van der Waals surface area contributed by atoms with Crippen LogP contribution in [0.3, 0.4) is 0 Å². The largest absolute Gasteiger partial charge is 0.481 e. The van der Waals surface area contributed by atoms with Crippen LogP contribution in [0, 0.1) is 0 Å². The third-order valence-corrected chi connectivity index (χ3v) is 2.05. The number of halogens is 1. The number of pyridine rings is 1. The number of ether oxygens (including phenoxy) is 1. The van der Waals surface area contributed by atoms with Crippen molar-refractivity contribution in [3.8, 4) is 5.88 Å². The lowest BCUT2D eigenvalue weighted by molar-refractivity contribution is -0.137. The molecule has 0 bridgehead atoms. The molecule has 1 aromatic heterocycles. The van der Waals surface area contributed by atoms with Crippen LogP contribution in [0.15, 0.2) is 12.1 Å². The molecule has 1 rings (SSSR count). The van der Waals surface area contributed by atoms with E-state index in [-0.39, 0.29) is 17.5 Å². The number of carboxylic acids is 1. The van der Waals surface area contributed by atoms with E-state index in [0.29, 0.717) is 5.56 Å². The number of hydrogen-bond acceptors (Lipinski definition) is 4. The molecule has 6 heteroatoms. The summed E-state index contributed by atoms with van der Waals surface area (Å²) in [7, 11) is 1.43. The average molecular weight is 231 g/mol. The molecule has 3 N–H and O–H groups in total. The minimum absolute atomic E-state index is 0.181. The number of carboxylic acid groups (broad SMARTS) is 1. The number of nitrogens with zero attached hydrogens (tertiary/aromatic N) is 1. The second kappa shape index (κ2) is 4.95. The Hall–Kier alpha value is -1.33. The second-order valence-electron chi connectivity index (χ2n) is 2.94. The summed E-state index contributed by atoms with van der Waals surface area (Å²) in [6.45, 7) is 0. The highest BCUT2D eigenvalue weighted by Gasteiger charge is 2.16. The SMILES string of the molecule is COc1nc(Cl)ccc1C(N)CC(=O)O. The van der Waals surface area contributed by atoms with Crippen LogP contribution < -0.4 is 10.5 Å². The molecular formula is C9H11ClN2O3. The van der Waals surface area contributed by atoms with E-state index in [9.17, 15) is 4.79 Å². The minimum Gasteiger partial charge on any atom is -0.481 e. The monoisotopic (exact) mass is 230 g/mol. The molecule has 0 aromatic carbocycles. The summed E-state index contributed by atoms with van der Waals surface area (Å²) < 4.78 is 4.96. The summed E-state index contributed by atoms with van der Waals surface area (Å²) in [6.07, 6.45) is -0.181. The molecule has 1 unspecified atom stereocenters. The van der Waals surface area contributed by atoms with Crippen molar-refractivity contribution < 1.29 is 14.6 Å². The van der Waals surface area contributed by atoms with E-state index >= 15 is 0 Å². The van der Waals surface area contributed by atoms with Gasteiger partial charge in [-0.2, -0.15) is 0 Å². The number of methoxy groups -OCH3 is 1. The second-order valence-corrected chi connectivity index (χ2v) is 3.32. The van der Waals surface area contributed by atoms with Crippen LogP contribution in [0.25, 0.3) is 0 Å². The number of hydrogen-bond donors (Lipinski definition) is 2. The van der Waals surface area contributed by atoms with Crippen LogP contribution in [-0.2, 0) is 4.79 Å². The number of rotatable bonds is 4. The molecule has 0 aliphatic rings. The van der Waals surface area contributed by atoms with Crippen molar-refractivity contribution in [1.82, 2.24) is 4.98 Å². The molecule has 0 saturated heterocycles. The predicted molar refractivity (Wildman–Crippen MR) is 55.0 cm³/mol. The van der Waals surface area contributed by atoms with E-state index in [0.717, 1.165) is 0 Å². The molecule has 0 aliphatic heterocycles. The van der Waals surface area contributed by atoms with Crippen molar-refractivity contribution in [3.05, 3.63) is 22.8 Å². The molecule has 0 amide bonds. The molecule has 0 spiro atoms. The first kappa shape index (κ1) is 11.7. The average Bonchev–Trinajstić information content (AvgIpc) is 2.16. The Morgan fingerprint density at radius 2 is 2.40 bits per heavy atom. The van der Waals surface area contributed by atoms with Crippen LogP contribution >= 0.6 is 11.6 Å². The van der Waals surface area contributed by atoms with Gasteiger partial charge in [0.25, 0.3) is 0 Å². The summed E-state index contributed by atoms with van der Waals surface area (Å²) in [4.78, 5) is 14.4. The van der Waals surface area contributed by atoms with Crippen molar-refractivity contribution >= 4 is 17.6 Å². The fraction of sp³-hybridized carbons (Fsp3) is 0.333. The zero-order chi connectivity index (χ0) is 11.4. The lowest BCUT2D eigenvalue weighted by atomic mass is 10.1. The third-order valence-electron chi connectivity index (χ3n) is 1.84. The van der Waals surface area contributed by atoms with Crippen molar-refractivity contribution in [1.29, 1.82) is 0 Å². The van der Waals surface area contributed by atoms with E-state index in [2.05, 4.69) is 4.98 Å². The van der Waals surface area contributed by atoms with Gasteiger partial charge in [-0.3, -0.25) is 4.79 Å². The highest BCUT2D eigenvalue weighted by atomic mass is 35.5. The van der Waals surface area contributed by atoms with Crippen molar-refractivity contribution in [2.45, 2.75) is 12.5 Å². The van der Waals surface area contributed by atoms with Crippen LogP contribution in [0.2, 0.25) is 5.15 Å². The van der Waals surface area contributed by atoms with Crippen molar-refractivity contribution in [2.24, 2.45) is 5.73 Å². The van der Waals surface area contributed by atoms with E-state index in [1.807, 2.05) is 0 Å². The molecule has 1 aromatic rings. The van der Waals surface area contributed by atoms with Crippen LogP contribution in [0.4, 0.5) is 0 Å². The Morgan fingerprint density at radius 3 is 2.93 bits per heavy atom. The lowest BCUT2D eigenvalue weighted by Crippen LogP contribution is -2.16. The number of nitrogens with two attached hydrogens (primary N) is 1. The van der Waals surface area contributed by atoms with Crippen LogP contribution in [-0.4, -0.2) is 23.2 Å². The molecule has 1 atom stereocenters. The smallest absolute Gasteiger partial charge is 0.305 e. The van der Waals surface area contributed by atoms with Gasteiger partial charge >= 0.3 is 5.97 Å². The quantitative estimate of drug-likeness (QED) is 0.760. The molecule has 82 valence electrons. The Kier molecular flexibility index (Phi) is 3.88. The molecule has 15 heavy (non-hydrogen) atoms. The summed E-state index contributed by atoms with van der Waals surface area (Å²) >= 11 is 5.66. The molecule has 0 aliphatic carbocycles. The zero-order valence-corrected chi connectivity index (χ0v) is 8.86. The van der Waals surface area contributed by atoms with Gasteiger partial charge in [-0.15, -0.1) is 0 Å². The standard InChI is InChI=1S/C9H11ClN2O3/c1-15-9-5(2-3-7(10)12-9)6(11)4-8(13)14/h2-3,6H,4,11H2,1H3,(H,13,14). The van der Waals surface area contributed by atoms with E-state index in [1.54, 1.807) is 12.1 Å². The van der Waals surface area contributed by atoms with Gasteiger partial charge in [0.1, 0.15) is 5.15 Å². The van der Waals surface area contributed by atoms with Gasteiger partial charge in [-0.25, -0.2) is 4.98 Å². The molecule has 1 heterocycles. The number of aromatic nitrogens is 1. The Labute approximate surface area is 91.8 Å². The maximum atomic E-state index is 10.5. The zero-order valence-electron chi connectivity index (χ0n) is 8.11. The summed E-state index contributed by atoms with van der Waals surface area (Å²) in [5.41, 5.74) is 6.21. The topological polar surface area (TPSA) is 85.4 Å². The first-order chi connectivity index (χ1) is 7.04. The van der Waals surface area contributed by atoms with Gasteiger partial charge in [-0.05, 0) is 12.1 Å². The lowest BCUT2D eigenvalue weighted by Gasteiger charge is -2.12. The fourth-order valence-corrected chi connectivity index (χ4v) is 1.31. The first-order valence-corrected chi connectivity index (χ1v) is 4.60. The third kappa shape index (κ3) is 3.07. The van der Waals surface area contributed by atoms with Gasteiger partial charge in [0, 0.05) is 11.6 Å². The van der Waals surface area contributed by atoms with Crippen LogP contribution in [0.1, 0.15) is 18.0 Å². The van der Waals surface area contributed by atoms with E-state index in [4.69, 9.17) is 27.2 Å². The Bertz CT molecular complexity index is 370. The van der Waals surface area contributed by atoms with Gasteiger partial charge in [0.2, 0.25) is 5.88 Å². The van der Waals surface area contributed by atoms with Crippen molar-refractivity contribution in [3.63, 3.8) is 0 Å². The molecule has 5 nitrogen and oxygen atoms in total. The normalized spacial score (nSPS) is 12.2. The molecule has 0 fully saturated rings. The van der Waals surface area contributed by atoms with E-state index in [1.165, 1.54) is 7.11 Å². The van der Waals surface area contributed by atoms with Gasteiger partial charge < -0.3 is 15.6 Å². The molecule has 0 saturated carbocycles. The highest BCUT2D eigenvalue weighted by molar-refractivity contribution is 6.29. The minimum atomic E-state index is -0.973. The fourth-order valence-electron chi connectivity index (χ4n) is 1.17. The van der Waals surface area contributed by atoms with Crippen molar-refractivity contribution in [2.75, 3.05) is 7.11 Å². The van der Waals surface area contributed by atoms with Crippen LogP contribution in [0.5, 0.6) is 5.88 Å². The van der Waals surface area contributed by atoms with Gasteiger partial charge in [0.15, 0.2) is 0 Å². The number of carbonyl (C=O) groups is 1. The Balaban J connectivity index is 2.97. The molecule has 0 radical (unpaired) electrons. The Morgan fingerprint density at radius 1 is 1.73 bits per heavy atom. The maximum Gasteiger partial charge on any atom is 0.305 e. The van der Waals surface area contributed by atoms with Gasteiger partial charge in [-0.1, -0.05) is 11.6 Å². The molecular weight excluding hydrogens is 220 g/mol. The first-order valence-electron chi connectivity index (χ1n) is 4.22. The predicted octanol–water partition coefficient (Wildman–Crippen LogP) is 1.22. The summed E-state index contributed by atoms with van der Waals surface area (Å²) in [6, 6.07) is 2.50. The highest BCUT2D eigenvalue weighted by Crippen LogP contribution is 2.25.